The number of halogens is 1. The van der Waals surface area contributed by atoms with Gasteiger partial charge in [-0.2, -0.15) is 5.10 Å². The number of amides is 1. The lowest BCUT2D eigenvalue weighted by Crippen LogP contribution is -2.31. The predicted molar refractivity (Wildman–Crippen MR) is 157 cm³/mol. The van der Waals surface area contributed by atoms with Gasteiger partial charge in [-0.25, -0.2) is 18.6 Å². The molecular weight excluding hydrogens is 566 g/mol. The third kappa shape index (κ3) is 7.71. The van der Waals surface area contributed by atoms with E-state index in [2.05, 4.69) is 10.5 Å². The molecule has 0 radical (unpaired) electrons. The van der Waals surface area contributed by atoms with Crippen molar-refractivity contribution in [3.05, 3.63) is 124 Å². The number of rotatable bonds is 11. The molecule has 4 rings (SSSR count). The maximum absolute atomic E-state index is 13.7. The molecule has 0 saturated carbocycles. The average molecular weight is 592 g/mol. The zero-order valence-electron chi connectivity index (χ0n) is 21.9. The van der Waals surface area contributed by atoms with Gasteiger partial charge in [0.15, 0.2) is 6.61 Å². The highest BCUT2D eigenvalue weighted by atomic mass is 35.5. The molecule has 0 fully saturated rings. The Kier molecular flexibility index (Phi) is 9.38. The van der Waals surface area contributed by atoms with E-state index in [1.54, 1.807) is 84.9 Å². The second kappa shape index (κ2) is 13.1. The summed E-state index contributed by atoms with van der Waals surface area (Å²) in [5, 5.41) is 13.0. The molecule has 11 heteroatoms. The molecule has 4 aromatic carbocycles. The van der Waals surface area contributed by atoms with Crippen LogP contribution < -0.4 is 14.5 Å². The predicted octanol–water partition coefficient (Wildman–Crippen LogP) is 5.27. The van der Waals surface area contributed by atoms with E-state index in [0.29, 0.717) is 33.1 Å². The molecule has 0 aliphatic carbocycles. The Morgan fingerprint density at radius 1 is 0.976 bits per heavy atom. The zero-order chi connectivity index (χ0) is 29.4. The molecule has 41 heavy (non-hydrogen) atoms. The van der Waals surface area contributed by atoms with Crippen LogP contribution in [0.3, 0.4) is 0 Å². The van der Waals surface area contributed by atoms with Crippen molar-refractivity contribution in [3.8, 4) is 5.75 Å². The fourth-order valence-corrected chi connectivity index (χ4v) is 5.52. The van der Waals surface area contributed by atoms with Crippen molar-refractivity contribution in [2.24, 2.45) is 5.10 Å². The van der Waals surface area contributed by atoms with Crippen LogP contribution in [0, 0.1) is 6.92 Å². The maximum Gasteiger partial charge on any atom is 0.341 e. The van der Waals surface area contributed by atoms with Crippen LogP contribution in [0.5, 0.6) is 5.75 Å². The van der Waals surface area contributed by atoms with Crippen molar-refractivity contribution in [1.82, 2.24) is 5.43 Å². The number of hydrogen-bond donors (Lipinski definition) is 2. The molecule has 2 N–H and O–H groups in total. The first kappa shape index (κ1) is 29.3. The summed E-state index contributed by atoms with van der Waals surface area (Å²) in [4.78, 5) is 23.3. The molecule has 9 nitrogen and oxygen atoms in total. The summed E-state index contributed by atoms with van der Waals surface area (Å²) >= 11 is 6.22. The first-order chi connectivity index (χ1) is 19.6. The van der Waals surface area contributed by atoms with E-state index in [4.69, 9.17) is 21.4 Å². The minimum Gasteiger partial charge on any atom is -0.482 e. The molecule has 0 bridgehead atoms. The Morgan fingerprint density at radius 2 is 1.66 bits per heavy atom. The number of hydrazone groups is 1. The number of anilines is 1. The number of ether oxygens (including phenoxy) is 1. The largest absolute Gasteiger partial charge is 0.482 e. The third-order valence-corrected chi connectivity index (χ3v) is 7.94. The Labute approximate surface area is 242 Å². The summed E-state index contributed by atoms with van der Waals surface area (Å²) < 4.78 is 33.7. The minimum atomic E-state index is -3.92. The number of hydrogen-bond acceptors (Lipinski definition) is 6. The number of aryl methyl sites for hydroxylation is 1. The van der Waals surface area contributed by atoms with E-state index in [0.717, 1.165) is 5.56 Å². The average Bonchev–Trinajstić information content (AvgIpc) is 2.97. The van der Waals surface area contributed by atoms with Gasteiger partial charge in [-0.05, 0) is 84.3 Å². The summed E-state index contributed by atoms with van der Waals surface area (Å²) in [5.41, 5.74) is 5.31. The molecule has 0 unspecified atom stereocenters. The van der Waals surface area contributed by atoms with Gasteiger partial charge in [0, 0.05) is 10.6 Å². The van der Waals surface area contributed by atoms with Crippen LogP contribution >= 0.6 is 11.6 Å². The molecule has 0 heterocycles. The number of carboxylic acids is 1. The van der Waals surface area contributed by atoms with Crippen molar-refractivity contribution in [1.29, 1.82) is 0 Å². The number of carbonyl (C=O) groups excluding carboxylic acids is 1. The van der Waals surface area contributed by atoms with Gasteiger partial charge in [-0.1, -0.05) is 48.0 Å². The van der Waals surface area contributed by atoms with Gasteiger partial charge < -0.3 is 9.84 Å². The molecule has 0 spiro atoms. The Morgan fingerprint density at radius 3 is 2.32 bits per heavy atom. The van der Waals surface area contributed by atoms with Gasteiger partial charge >= 0.3 is 5.97 Å². The number of sulfonamides is 1. The summed E-state index contributed by atoms with van der Waals surface area (Å²) in [6, 6.07) is 26.3. The van der Waals surface area contributed by atoms with Crippen molar-refractivity contribution in [2.75, 3.05) is 10.9 Å². The third-order valence-electron chi connectivity index (χ3n) is 5.94. The van der Waals surface area contributed by atoms with Crippen LogP contribution in [-0.4, -0.2) is 38.2 Å². The molecule has 4 aromatic rings. The first-order valence-corrected chi connectivity index (χ1v) is 14.2. The fourth-order valence-electron chi connectivity index (χ4n) is 3.82. The second-order valence-corrected chi connectivity index (χ2v) is 11.2. The maximum atomic E-state index is 13.7. The molecule has 0 aromatic heterocycles. The number of benzene rings is 4. The molecule has 0 aliphatic heterocycles. The van der Waals surface area contributed by atoms with Gasteiger partial charge in [0.05, 0.1) is 23.3 Å². The van der Waals surface area contributed by atoms with Crippen LogP contribution in [-0.2, 0) is 21.4 Å². The van der Waals surface area contributed by atoms with E-state index < -0.39 is 28.5 Å². The highest BCUT2D eigenvalue weighted by molar-refractivity contribution is 7.92. The summed E-state index contributed by atoms with van der Waals surface area (Å²) in [7, 11) is -3.92. The lowest BCUT2D eigenvalue weighted by Gasteiger charge is -2.26. The molecule has 210 valence electrons. The topological polar surface area (TPSA) is 125 Å². The molecule has 0 atom stereocenters. The van der Waals surface area contributed by atoms with Crippen molar-refractivity contribution >= 4 is 45.4 Å². The Balaban J connectivity index is 1.47. The second-order valence-electron chi connectivity index (χ2n) is 8.90. The standard InChI is InChI=1S/C30H26ClN3O6S/c1-21-7-14-25(31)17-28(21)34(41(38,39)27-5-3-2-4-6-27)19-23-8-12-24(13-9-23)30(37)33-32-18-22-10-15-26(16-11-22)40-20-29(35)36/h2-18H,19-20H2,1H3,(H,33,37)(H,35,36)/b32-18-. The highest BCUT2D eigenvalue weighted by Gasteiger charge is 2.26. The SMILES string of the molecule is Cc1ccc(Cl)cc1N(Cc1ccc(C(=O)N/N=C\c2ccc(OCC(=O)O)cc2)cc1)S(=O)(=O)c1ccccc1. The molecule has 0 aliphatic rings. The van der Waals surface area contributed by atoms with Crippen LogP contribution in [0.15, 0.2) is 107 Å². The van der Waals surface area contributed by atoms with E-state index >= 15 is 0 Å². The molecule has 0 saturated heterocycles. The van der Waals surface area contributed by atoms with Crippen LogP contribution in [0.2, 0.25) is 5.02 Å². The van der Waals surface area contributed by atoms with Gasteiger partial charge in [-0.15, -0.1) is 0 Å². The van der Waals surface area contributed by atoms with E-state index in [9.17, 15) is 18.0 Å². The van der Waals surface area contributed by atoms with Crippen molar-refractivity contribution < 1.29 is 27.9 Å². The van der Waals surface area contributed by atoms with Gasteiger partial charge in [0.25, 0.3) is 15.9 Å². The normalized spacial score (nSPS) is 11.3. The smallest absolute Gasteiger partial charge is 0.341 e. The van der Waals surface area contributed by atoms with E-state index in [1.165, 1.54) is 22.7 Å². The highest BCUT2D eigenvalue weighted by Crippen LogP contribution is 2.31. The summed E-state index contributed by atoms with van der Waals surface area (Å²) in [5.74, 6) is -1.12. The number of nitrogens with one attached hydrogen (secondary N) is 1. The lowest BCUT2D eigenvalue weighted by molar-refractivity contribution is -0.139. The van der Waals surface area contributed by atoms with Crippen LogP contribution in [0.4, 0.5) is 5.69 Å². The number of carbonyl (C=O) groups is 2. The Bertz CT molecular complexity index is 1660. The molecule has 1 amide bonds. The number of aliphatic carboxylic acids is 1. The van der Waals surface area contributed by atoms with Gasteiger partial charge in [-0.3, -0.25) is 9.10 Å². The quantitative estimate of drug-likeness (QED) is 0.181. The van der Waals surface area contributed by atoms with Crippen LogP contribution in [0.25, 0.3) is 0 Å². The summed E-state index contributed by atoms with van der Waals surface area (Å²) in [6.07, 6.45) is 1.44. The van der Waals surface area contributed by atoms with Crippen LogP contribution in [0.1, 0.15) is 27.0 Å². The van der Waals surface area contributed by atoms with Gasteiger partial charge in [0.1, 0.15) is 5.75 Å². The van der Waals surface area contributed by atoms with Gasteiger partial charge in [0.2, 0.25) is 0 Å². The first-order valence-electron chi connectivity index (χ1n) is 12.3. The summed E-state index contributed by atoms with van der Waals surface area (Å²) in [6.45, 7) is 1.39. The number of carboxylic acid groups (broad SMARTS) is 1. The van der Waals surface area contributed by atoms with Crippen molar-refractivity contribution in [3.63, 3.8) is 0 Å². The van der Waals surface area contributed by atoms with E-state index in [-0.39, 0.29) is 11.4 Å². The van der Waals surface area contributed by atoms with E-state index in [1.807, 2.05) is 6.92 Å². The zero-order valence-corrected chi connectivity index (χ0v) is 23.5. The molecular formula is C30H26ClN3O6S. The monoisotopic (exact) mass is 591 g/mol. The number of nitrogens with zero attached hydrogens (tertiary/aromatic N) is 2. The fraction of sp³-hybridized carbons (Fsp3) is 0.100. The van der Waals surface area contributed by atoms with Crippen molar-refractivity contribution in [2.45, 2.75) is 18.4 Å². The lowest BCUT2D eigenvalue weighted by atomic mass is 10.1. The Hall–Kier alpha value is -4.67. The minimum absolute atomic E-state index is 0.0185.